The summed E-state index contributed by atoms with van der Waals surface area (Å²) in [6.07, 6.45) is -0.205. The van der Waals surface area contributed by atoms with Gasteiger partial charge in [0.2, 0.25) is 0 Å². The van der Waals surface area contributed by atoms with Crippen molar-refractivity contribution in [3.63, 3.8) is 0 Å². The van der Waals surface area contributed by atoms with Gasteiger partial charge in [0, 0.05) is 18.5 Å². The molecule has 0 saturated carbocycles. The number of halogens is 3. The zero-order valence-electron chi connectivity index (χ0n) is 16.1. The highest BCUT2D eigenvalue weighted by molar-refractivity contribution is 8.09. The predicted molar refractivity (Wildman–Crippen MR) is 115 cm³/mol. The van der Waals surface area contributed by atoms with Crippen molar-refractivity contribution < 1.29 is 17.7 Å². The summed E-state index contributed by atoms with van der Waals surface area (Å²) in [5.41, 5.74) is 1.03. The van der Waals surface area contributed by atoms with Gasteiger partial charge in [-0.3, -0.25) is 0 Å². The van der Waals surface area contributed by atoms with Gasteiger partial charge in [-0.1, -0.05) is 41.4 Å². The molecule has 2 aliphatic rings. The van der Waals surface area contributed by atoms with Crippen molar-refractivity contribution in [2.24, 2.45) is 7.05 Å². The monoisotopic (exact) mass is 454 g/mol. The molecule has 29 heavy (non-hydrogen) atoms. The topological polar surface area (TPSA) is 10.4 Å². The van der Waals surface area contributed by atoms with Crippen LogP contribution in [0.3, 0.4) is 0 Å². The Morgan fingerprint density at radius 3 is 2.62 bits per heavy atom. The fourth-order valence-corrected chi connectivity index (χ4v) is 6.66. The maximum absolute atomic E-state index is 13.1. The number of thioether (sulfide) groups is 2. The number of fused-ring (bicyclic) bond motifs is 1. The standard InChI is InChI=1S/C20H19F3N3S3/c1-5-26-12(2)18(29-17(26)11-16-24(3)8-9-27-16)19-25(4)14-7-6-13(20(21,22)23)10-15(14)28-19/h6-11H,2,5H2,1,3-4H3/q+1/b19-18+. The molecule has 0 N–H and O–H groups in total. The molecule has 1 aromatic heterocycles. The summed E-state index contributed by atoms with van der Waals surface area (Å²) >= 11 is 4.64. The molecule has 0 spiro atoms. The molecule has 2 aliphatic heterocycles. The number of anilines is 1. The number of hydrogen-bond donors (Lipinski definition) is 0. The molecule has 1 saturated heterocycles. The lowest BCUT2D eigenvalue weighted by Gasteiger charge is -2.18. The molecule has 4 rings (SSSR count). The first-order chi connectivity index (χ1) is 13.7. The molecule has 0 amide bonds. The lowest BCUT2D eigenvalue weighted by Crippen LogP contribution is -2.27. The van der Waals surface area contributed by atoms with Crippen LogP contribution in [0.25, 0.3) is 6.08 Å². The molecule has 0 radical (unpaired) electrons. The second-order valence-corrected chi connectivity index (χ2v) is 9.59. The molecule has 0 bridgehead atoms. The quantitative estimate of drug-likeness (QED) is 0.524. The Labute approximate surface area is 180 Å². The number of benzene rings is 1. The second-order valence-electron chi connectivity index (χ2n) is 6.60. The third-order valence-corrected chi connectivity index (χ3v) is 8.23. The van der Waals surface area contributed by atoms with Crippen LogP contribution in [0.15, 0.2) is 61.9 Å². The average Bonchev–Trinajstić information content (AvgIpc) is 3.31. The molecular formula is C20H19F3N3S3+. The van der Waals surface area contributed by atoms with Crippen molar-refractivity contribution in [1.82, 2.24) is 4.90 Å². The van der Waals surface area contributed by atoms with E-state index in [4.69, 9.17) is 0 Å². The van der Waals surface area contributed by atoms with Gasteiger partial charge in [-0.15, -0.1) is 0 Å². The summed E-state index contributed by atoms with van der Waals surface area (Å²) in [5, 5.41) is 5.13. The normalized spacial score (nSPS) is 20.9. The predicted octanol–water partition coefficient (Wildman–Crippen LogP) is 5.88. The Bertz CT molecular complexity index is 1050. The minimum atomic E-state index is -4.35. The van der Waals surface area contributed by atoms with Gasteiger partial charge in [0.25, 0.3) is 5.01 Å². The molecule has 9 heteroatoms. The number of thiazole rings is 1. The molecule has 1 aromatic carbocycles. The maximum atomic E-state index is 13.1. The van der Waals surface area contributed by atoms with Crippen molar-refractivity contribution in [3.05, 3.63) is 67.6 Å². The van der Waals surface area contributed by atoms with Gasteiger partial charge in [0.1, 0.15) is 7.05 Å². The van der Waals surface area contributed by atoms with E-state index < -0.39 is 11.7 Å². The Morgan fingerprint density at radius 1 is 1.24 bits per heavy atom. The summed E-state index contributed by atoms with van der Waals surface area (Å²) in [6, 6.07) is 3.91. The van der Waals surface area contributed by atoms with Crippen LogP contribution in [0.4, 0.5) is 18.9 Å². The molecule has 0 atom stereocenters. The zero-order valence-corrected chi connectivity index (χ0v) is 18.5. The van der Waals surface area contributed by atoms with Crippen molar-refractivity contribution in [2.75, 3.05) is 18.5 Å². The average molecular weight is 455 g/mol. The van der Waals surface area contributed by atoms with Gasteiger partial charge in [-0.2, -0.15) is 17.7 Å². The Kier molecular flexibility index (Phi) is 5.25. The van der Waals surface area contributed by atoms with Gasteiger partial charge >= 0.3 is 6.18 Å². The van der Waals surface area contributed by atoms with Gasteiger partial charge < -0.3 is 9.80 Å². The number of alkyl halides is 3. The highest BCUT2D eigenvalue weighted by Crippen LogP contribution is 2.55. The third-order valence-electron chi connectivity index (χ3n) is 4.80. The number of rotatable bonds is 2. The van der Waals surface area contributed by atoms with E-state index in [9.17, 15) is 13.2 Å². The van der Waals surface area contributed by atoms with E-state index >= 15 is 0 Å². The zero-order chi connectivity index (χ0) is 20.9. The number of aromatic nitrogens is 1. The summed E-state index contributed by atoms with van der Waals surface area (Å²) in [4.78, 5) is 5.69. The summed E-state index contributed by atoms with van der Waals surface area (Å²) in [6.45, 7) is 7.11. The van der Waals surface area contributed by atoms with Crippen LogP contribution in [0.5, 0.6) is 0 Å². The van der Waals surface area contributed by atoms with Gasteiger partial charge in [-0.25, -0.2) is 0 Å². The molecule has 3 nitrogen and oxygen atoms in total. The van der Waals surface area contributed by atoms with Crippen molar-refractivity contribution >= 4 is 46.6 Å². The largest absolute Gasteiger partial charge is 0.416 e. The van der Waals surface area contributed by atoms with Crippen LogP contribution in [-0.2, 0) is 13.2 Å². The van der Waals surface area contributed by atoms with E-state index in [0.29, 0.717) is 4.90 Å². The van der Waals surface area contributed by atoms with E-state index in [2.05, 4.69) is 29.0 Å². The molecule has 0 aliphatic carbocycles. The minimum absolute atomic E-state index is 0.614. The van der Waals surface area contributed by atoms with E-state index in [1.165, 1.54) is 17.8 Å². The summed E-state index contributed by atoms with van der Waals surface area (Å²) < 4.78 is 41.4. The number of nitrogens with zero attached hydrogens (tertiary/aromatic N) is 3. The lowest BCUT2D eigenvalue weighted by atomic mass is 10.2. The van der Waals surface area contributed by atoms with E-state index in [-0.39, 0.29) is 0 Å². The van der Waals surface area contributed by atoms with E-state index in [1.54, 1.807) is 29.2 Å². The Hall–Kier alpha value is -1.84. The Morgan fingerprint density at radius 2 is 2.00 bits per heavy atom. The first kappa shape index (κ1) is 20.4. The SMILES string of the molecule is C=C1/C(=C2\Sc3cc(C(F)(F)F)ccc3N2C)S/C(=C\c2scc[n+]2C)N1CC. The fourth-order valence-electron chi connectivity index (χ4n) is 3.21. The van der Waals surface area contributed by atoms with Crippen LogP contribution in [-0.4, -0.2) is 18.5 Å². The molecule has 0 unspecified atom stereocenters. The van der Waals surface area contributed by atoms with Gasteiger partial charge in [-0.05, 0) is 25.1 Å². The highest BCUT2D eigenvalue weighted by Gasteiger charge is 2.36. The van der Waals surface area contributed by atoms with E-state index in [0.717, 1.165) is 44.0 Å². The van der Waals surface area contributed by atoms with Crippen molar-refractivity contribution in [3.8, 4) is 0 Å². The van der Waals surface area contributed by atoms with Crippen LogP contribution in [0.2, 0.25) is 0 Å². The van der Waals surface area contributed by atoms with Crippen LogP contribution in [0, 0.1) is 0 Å². The maximum Gasteiger partial charge on any atom is 0.416 e. The minimum Gasteiger partial charge on any atom is -0.337 e. The molecule has 2 aromatic rings. The first-order valence-electron chi connectivity index (χ1n) is 8.87. The van der Waals surface area contributed by atoms with Crippen LogP contribution < -0.4 is 9.47 Å². The smallest absolute Gasteiger partial charge is 0.337 e. The lowest BCUT2D eigenvalue weighted by molar-refractivity contribution is -0.668. The third kappa shape index (κ3) is 3.60. The van der Waals surface area contributed by atoms with Gasteiger partial charge in [0.05, 0.1) is 43.4 Å². The molecule has 1 fully saturated rings. The highest BCUT2D eigenvalue weighted by atomic mass is 32.2. The van der Waals surface area contributed by atoms with E-state index in [1.807, 2.05) is 30.6 Å². The summed E-state index contributed by atoms with van der Waals surface area (Å²) in [5.74, 6) is 0. The second kappa shape index (κ2) is 7.45. The number of hydrogen-bond acceptors (Lipinski definition) is 5. The molecular weight excluding hydrogens is 435 g/mol. The molecule has 152 valence electrons. The van der Waals surface area contributed by atoms with Crippen LogP contribution >= 0.6 is 34.9 Å². The number of aryl methyl sites for hydroxylation is 1. The van der Waals surface area contributed by atoms with Crippen molar-refractivity contribution in [2.45, 2.75) is 18.0 Å². The Balaban J connectivity index is 1.72. The first-order valence-corrected chi connectivity index (χ1v) is 11.4. The summed E-state index contributed by atoms with van der Waals surface area (Å²) in [7, 11) is 3.89. The molecule has 3 heterocycles. The van der Waals surface area contributed by atoms with Crippen molar-refractivity contribution in [1.29, 1.82) is 0 Å². The fraction of sp³-hybridized carbons (Fsp3) is 0.250. The van der Waals surface area contributed by atoms with Crippen LogP contribution in [0.1, 0.15) is 17.5 Å². The number of likely N-dealkylation sites (N-methyl/N-ethyl adjacent to an activating group) is 1. The van der Waals surface area contributed by atoms with Gasteiger partial charge in [0.15, 0.2) is 6.20 Å².